The summed E-state index contributed by atoms with van der Waals surface area (Å²) in [5, 5.41) is 3.13. The van der Waals surface area contributed by atoms with E-state index in [4.69, 9.17) is 9.72 Å². The van der Waals surface area contributed by atoms with Crippen LogP contribution in [0.3, 0.4) is 0 Å². The number of benzene rings is 4. The van der Waals surface area contributed by atoms with Gasteiger partial charge in [-0.1, -0.05) is 84.6 Å². The zero-order valence-corrected chi connectivity index (χ0v) is 20.1. The standard InChI is InChI=1S/C28H22N2O2S2/c1-32-24-15-9-8-14-22(24)27(31)29-21-16-17-23-25(18-21)33-28(30-23)34-26(19-10-4-2-5-11-19)20-12-6-3-7-13-20/h2-18,26H,1H3,(H,29,31). The van der Waals surface area contributed by atoms with Crippen LogP contribution in [0.1, 0.15) is 26.7 Å². The van der Waals surface area contributed by atoms with Crippen LogP contribution >= 0.6 is 23.1 Å². The van der Waals surface area contributed by atoms with Gasteiger partial charge in [0.2, 0.25) is 0 Å². The first kappa shape index (κ1) is 22.2. The highest BCUT2D eigenvalue weighted by molar-refractivity contribution is 8.01. The fourth-order valence-electron chi connectivity index (χ4n) is 3.75. The van der Waals surface area contributed by atoms with Crippen molar-refractivity contribution < 1.29 is 9.53 Å². The number of amides is 1. The number of hydrogen-bond donors (Lipinski definition) is 1. The molecular weight excluding hydrogens is 460 g/mol. The summed E-state index contributed by atoms with van der Waals surface area (Å²) in [6.07, 6.45) is 0. The van der Waals surface area contributed by atoms with E-state index in [0.717, 1.165) is 20.2 Å². The number of carbonyl (C=O) groups excluding carboxylic acids is 1. The molecular formula is C28H22N2O2S2. The number of nitrogens with one attached hydrogen (secondary N) is 1. The topological polar surface area (TPSA) is 51.2 Å². The number of carbonyl (C=O) groups is 1. The van der Waals surface area contributed by atoms with Gasteiger partial charge in [-0.2, -0.15) is 0 Å². The number of para-hydroxylation sites is 1. The zero-order chi connectivity index (χ0) is 23.3. The molecule has 0 aliphatic heterocycles. The molecule has 0 unspecified atom stereocenters. The largest absolute Gasteiger partial charge is 0.496 e. The summed E-state index contributed by atoms with van der Waals surface area (Å²) in [5.74, 6) is 0.342. The van der Waals surface area contributed by atoms with E-state index < -0.39 is 0 Å². The first-order valence-corrected chi connectivity index (χ1v) is 12.5. The molecule has 1 N–H and O–H groups in total. The highest BCUT2D eigenvalue weighted by Crippen LogP contribution is 2.43. The lowest BCUT2D eigenvalue weighted by Gasteiger charge is -2.16. The SMILES string of the molecule is COc1ccccc1C(=O)Nc1ccc2nc(SC(c3ccccc3)c3ccccc3)sc2c1. The minimum Gasteiger partial charge on any atom is -0.496 e. The molecule has 34 heavy (non-hydrogen) atoms. The van der Waals surface area contributed by atoms with Gasteiger partial charge >= 0.3 is 0 Å². The van der Waals surface area contributed by atoms with Gasteiger partial charge in [-0.25, -0.2) is 4.98 Å². The van der Waals surface area contributed by atoms with Crippen molar-refractivity contribution in [3.8, 4) is 5.75 Å². The molecule has 4 aromatic carbocycles. The van der Waals surface area contributed by atoms with E-state index in [1.54, 1.807) is 42.3 Å². The maximum atomic E-state index is 12.8. The Labute approximate surface area is 206 Å². The monoisotopic (exact) mass is 482 g/mol. The Bertz CT molecular complexity index is 1380. The van der Waals surface area contributed by atoms with Crippen molar-refractivity contribution in [3.05, 3.63) is 120 Å². The smallest absolute Gasteiger partial charge is 0.259 e. The molecule has 0 saturated heterocycles. The second kappa shape index (κ2) is 10.1. The van der Waals surface area contributed by atoms with E-state index in [2.05, 4.69) is 53.8 Å². The van der Waals surface area contributed by atoms with Crippen LogP contribution < -0.4 is 10.1 Å². The van der Waals surface area contributed by atoms with Crippen LogP contribution in [0.4, 0.5) is 5.69 Å². The molecule has 5 aromatic rings. The highest BCUT2D eigenvalue weighted by atomic mass is 32.2. The third-order valence-corrected chi connectivity index (χ3v) is 7.83. The van der Waals surface area contributed by atoms with Gasteiger partial charge in [0.05, 0.1) is 28.1 Å². The summed E-state index contributed by atoms with van der Waals surface area (Å²) in [4.78, 5) is 17.6. The average Bonchev–Trinajstić information content (AvgIpc) is 3.30. The number of anilines is 1. The Kier molecular flexibility index (Phi) is 6.60. The van der Waals surface area contributed by atoms with Crippen molar-refractivity contribution in [2.45, 2.75) is 9.59 Å². The molecule has 1 amide bonds. The van der Waals surface area contributed by atoms with Crippen LogP contribution in [-0.4, -0.2) is 18.0 Å². The molecule has 168 valence electrons. The van der Waals surface area contributed by atoms with Crippen molar-refractivity contribution in [1.82, 2.24) is 4.98 Å². The van der Waals surface area contributed by atoms with E-state index in [-0.39, 0.29) is 11.2 Å². The second-order valence-corrected chi connectivity index (χ2v) is 10.0. The number of hydrogen-bond acceptors (Lipinski definition) is 5. The predicted octanol–water partition coefficient (Wildman–Crippen LogP) is 7.44. The van der Waals surface area contributed by atoms with Gasteiger partial charge in [0, 0.05) is 5.69 Å². The van der Waals surface area contributed by atoms with E-state index in [9.17, 15) is 4.79 Å². The zero-order valence-electron chi connectivity index (χ0n) is 18.5. The van der Waals surface area contributed by atoms with Crippen LogP contribution in [0.15, 0.2) is 107 Å². The van der Waals surface area contributed by atoms with Crippen LogP contribution in [-0.2, 0) is 0 Å². The van der Waals surface area contributed by atoms with Gasteiger partial charge < -0.3 is 10.1 Å². The molecule has 5 rings (SSSR count). The Morgan fingerprint density at radius 1 is 0.882 bits per heavy atom. The van der Waals surface area contributed by atoms with Crippen LogP contribution in [0.2, 0.25) is 0 Å². The maximum absolute atomic E-state index is 12.8. The first-order chi connectivity index (χ1) is 16.7. The van der Waals surface area contributed by atoms with E-state index in [0.29, 0.717) is 11.3 Å². The molecule has 0 saturated carbocycles. The van der Waals surface area contributed by atoms with Crippen molar-refractivity contribution in [1.29, 1.82) is 0 Å². The number of rotatable bonds is 7. The van der Waals surface area contributed by atoms with Crippen molar-refractivity contribution in [3.63, 3.8) is 0 Å². The Morgan fingerprint density at radius 3 is 2.21 bits per heavy atom. The van der Waals surface area contributed by atoms with Crippen LogP contribution in [0.5, 0.6) is 5.75 Å². The molecule has 0 spiro atoms. The number of nitrogens with zero attached hydrogens (tertiary/aromatic N) is 1. The lowest BCUT2D eigenvalue weighted by atomic mass is 10.0. The molecule has 0 aliphatic rings. The number of thioether (sulfide) groups is 1. The summed E-state index contributed by atoms with van der Waals surface area (Å²) in [7, 11) is 1.56. The first-order valence-electron chi connectivity index (χ1n) is 10.8. The van der Waals surface area contributed by atoms with Gasteiger partial charge in [0.15, 0.2) is 4.34 Å². The van der Waals surface area contributed by atoms with Gasteiger partial charge in [-0.3, -0.25) is 4.79 Å². The quantitative estimate of drug-likeness (QED) is 0.245. The Balaban J connectivity index is 1.40. The molecule has 0 aliphatic carbocycles. The van der Waals surface area contributed by atoms with Gasteiger partial charge in [-0.15, -0.1) is 11.3 Å². The fourth-order valence-corrected chi connectivity index (χ4v) is 6.17. The fraction of sp³-hybridized carbons (Fsp3) is 0.0714. The summed E-state index contributed by atoms with van der Waals surface area (Å²) >= 11 is 3.38. The normalized spacial score (nSPS) is 11.0. The number of fused-ring (bicyclic) bond motifs is 1. The van der Waals surface area contributed by atoms with Gasteiger partial charge in [0.1, 0.15) is 5.75 Å². The lowest BCUT2D eigenvalue weighted by molar-refractivity contribution is 0.102. The number of aromatic nitrogens is 1. The summed E-state index contributed by atoms with van der Waals surface area (Å²) in [5.41, 5.74) is 4.62. The number of thiazole rings is 1. The summed E-state index contributed by atoms with van der Waals surface area (Å²) < 4.78 is 7.33. The second-order valence-electron chi connectivity index (χ2n) is 7.64. The van der Waals surface area contributed by atoms with E-state index in [1.165, 1.54) is 11.1 Å². The molecule has 6 heteroatoms. The third kappa shape index (κ3) is 4.83. The Morgan fingerprint density at radius 2 is 1.53 bits per heavy atom. The Hall–Kier alpha value is -3.61. The minimum atomic E-state index is -0.205. The van der Waals surface area contributed by atoms with Crippen LogP contribution in [0.25, 0.3) is 10.2 Å². The predicted molar refractivity (Wildman–Crippen MR) is 141 cm³/mol. The highest BCUT2D eigenvalue weighted by Gasteiger charge is 2.18. The average molecular weight is 483 g/mol. The molecule has 4 nitrogen and oxygen atoms in total. The van der Waals surface area contributed by atoms with Crippen LogP contribution in [0, 0.1) is 0 Å². The summed E-state index contributed by atoms with van der Waals surface area (Å²) in [6, 6.07) is 34.0. The van der Waals surface area contributed by atoms with Crippen molar-refractivity contribution >= 4 is 44.9 Å². The summed E-state index contributed by atoms with van der Waals surface area (Å²) in [6.45, 7) is 0. The molecule has 1 aromatic heterocycles. The number of methoxy groups -OCH3 is 1. The third-order valence-electron chi connectivity index (χ3n) is 5.40. The minimum absolute atomic E-state index is 0.146. The molecule has 0 radical (unpaired) electrons. The van der Waals surface area contributed by atoms with Crippen molar-refractivity contribution in [2.75, 3.05) is 12.4 Å². The molecule has 0 fully saturated rings. The van der Waals surface area contributed by atoms with E-state index >= 15 is 0 Å². The van der Waals surface area contributed by atoms with E-state index in [1.807, 2.05) is 42.5 Å². The maximum Gasteiger partial charge on any atom is 0.259 e. The van der Waals surface area contributed by atoms with Gasteiger partial charge in [0.25, 0.3) is 5.91 Å². The molecule has 0 atom stereocenters. The molecule has 0 bridgehead atoms. The number of ether oxygens (including phenoxy) is 1. The lowest BCUT2D eigenvalue weighted by Crippen LogP contribution is -2.12. The van der Waals surface area contributed by atoms with Gasteiger partial charge in [-0.05, 0) is 41.5 Å². The molecule has 1 heterocycles. The van der Waals surface area contributed by atoms with Crippen molar-refractivity contribution in [2.24, 2.45) is 0 Å².